The number of nitrogens with zero attached hydrogens (tertiary/aromatic N) is 5. The molecular formula is C21H17N5O3. The second-order valence-corrected chi connectivity index (χ2v) is 6.52. The average molecular weight is 387 g/mol. The lowest BCUT2D eigenvalue weighted by Crippen LogP contribution is -2.08. The van der Waals surface area contributed by atoms with Gasteiger partial charge in [0.05, 0.1) is 24.6 Å². The molecule has 5 rings (SSSR count). The largest absolute Gasteiger partial charge is 0.492 e. The van der Waals surface area contributed by atoms with Crippen molar-refractivity contribution < 1.29 is 14.4 Å². The molecule has 0 unspecified atom stereocenters. The summed E-state index contributed by atoms with van der Waals surface area (Å²) >= 11 is 0. The molecule has 0 spiro atoms. The number of ether oxygens (including phenoxy) is 1. The van der Waals surface area contributed by atoms with Crippen LogP contribution in [-0.4, -0.2) is 30.7 Å². The van der Waals surface area contributed by atoms with Gasteiger partial charge in [0.25, 0.3) is 0 Å². The maximum absolute atomic E-state index is 9.55. The lowest BCUT2D eigenvalue weighted by molar-refractivity contribution is 0.298. The maximum Gasteiger partial charge on any atom is 0.155 e. The third-order valence-corrected chi connectivity index (χ3v) is 4.67. The highest BCUT2D eigenvalue weighted by Crippen LogP contribution is 2.24. The van der Waals surface area contributed by atoms with Crippen molar-refractivity contribution in [2.75, 3.05) is 6.61 Å². The summed E-state index contributed by atoms with van der Waals surface area (Å²) < 4.78 is 15.7. The highest BCUT2D eigenvalue weighted by molar-refractivity contribution is 5.80. The van der Waals surface area contributed by atoms with E-state index in [0.29, 0.717) is 46.7 Å². The Morgan fingerprint density at radius 2 is 2.07 bits per heavy atom. The first-order valence-electron chi connectivity index (χ1n) is 9.08. The van der Waals surface area contributed by atoms with Gasteiger partial charge >= 0.3 is 0 Å². The Bertz CT molecular complexity index is 1350. The molecule has 0 bridgehead atoms. The summed E-state index contributed by atoms with van der Waals surface area (Å²) in [6.07, 6.45) is 9.00. The Labute approximate surface area is 164 Å². The molecule has 0 aliphatic heterocycles. The normalized spacial score (nSPS) is 12.1. The zero-order valence-corrected chi connectivity index (χ0v) is 15.3. The van der Waals surface area contributed by atoms with Gasteiger partial charge in [-0.05, 0) is 36.4 Å². The lowest BCUT2D eigenvalue weighted by atomic mass is 10.2. The highest BCUT2D eigenvalue weighted by Gasteiger charge is 2.10. The van der Waals surface area contributed by atoms with Gasteiger partial charge in [-0.2, -0.15) is 0 Å². The van der Waals surface area contributed by atoms with E-state index in [1.54, 1.807) is 37.1 Å². The molecule has 8 heteroatoms. The van der Waals surface area contributed by atoms with Gasteiger partial charge in [-0.15, -0.1) is 0 Å². The predicted octanol–water partition coefficient (Wildman–Crippen LogP) is 3.31. The van der Waals surface area contributed by atoms with Crippen LogP contribution in [0.3, 0.4) is 0 Å². The van der Waals surface area contributed by atoms with Crippen LogP contribution in [0.5, 0.6) is 5.75 Å². The number of imidazole rings is 1. The van der Waals surface area contributed by atoms with Crippen LogP contribution in [0.1, 0.15) is 0 Å². The first kappa shape index (κ1) is 17.1. The molecule has 0 aliphatic carbocycles. The van der Waals surface area contributed by atoms with Crippen LogP contribution in [0.2, 0.25) is 0 Å². The van der Waals surface area contributed by atoms with Gasteiger partial charge in [0.2, 0.25) is 0 Å². The van der Waals surface area contributed by atoms with Crippen LogP contribution in [0.25, 0.3) is 27.9 Å². The average Bonchev–Trinajstić information content (AvgIpc) is 3.44. The predicted molar refractivity (Wildman–Crippen MR) is 105 cm³/mol. The van der Waals surface area contributed by atoms with Gasteiger partial charge in [0.15, 0.2) is 5.76 Å². The fourth-order valence-corrected chi connectivity index (χ4v) is 3.21. The maximum atomic E-state index is 9.55. The lowest BCUT2D eigenvalue weighted by Gasteiger charge is -2.09. The highest BCUT2D eigenvalue weighted by atomic mass is 16.5. The molecular weight excluding hydrogens is 370 g/mol. The molecule has 0 fully saturated rings. The van der Waals surface area contributed by atoms with E-state index in [-0.39, 0.29) is 0 Å². The van der Waals surface area contributed by atoms with E-state index < -0.39 is 0 Å². The fourth-order valence-electron chi connectivity index (χ4n) is 3.21. The van der Waals surface area contributed by atoms with Gasteiger partial charge in [-0.25, -0.2) is 9.97 Å². The van der Waals surface area contributed by atoms with E-state index in [4.69, 9.17) is 9.15 Å². The molecule has 0 aliphatic rings. The standard InChI is InChI=1S/C21H17N5O3/c27-24-18-12-21(19-10-15-2-1-6-26(15)14-23-19)29-20-4-3-16(11-17(18)20)28-9-8-25-7-5-22-13-25/h1-7,10-14,27H,8-9H2. The van der Waals surface area contributed by atoms with Gasteiger partial charge in [-0.1, -0.05) is 5.16 Å². The molecule has 8 nitrogen and oxygen atoms in total. The Morgan fingerprint density at radius 1 is 1.10 bits per heavy atom. The first-order valence-corrected chi connectivity index (χ1v) is 9.08. The molecule has 0 amide bonds. The quantitative estimate of drug-likeness (QED) is 0.369. The summed E-state index contributed by atoms with van der Waals surface area (Å²) in [5.41, 5.74) is 2.23. The monoisotopic (exact) mass is 387 g/mol. The minimum absolute atomic E-state index is 0.387. The molecule has 0 atom stereocenters. The summed E-state index contributed by atoms with van der Waals surface area (Å²) in [7, 11) is 0. The van der Waals surface area contributed by atoms with Gasteiger partial charge < -0.3 is 23.3 Å². The molecule has 4 aromatic heterocycles. The third kappa shape index (κ3) is 3.31. The summed E-state index contributed by atoms with van der Waals surface area (Å²) in [6, 6.07) is 12.9. The summed E-state index contributed by atoms with van der Waals surface area (Å²) in [6.45, 7) is 1.18. The van der Waals surface area contributed by atoms with Crippen molar-refractivity contribution in [3.05, 3.63) is 79.1 Å². The molecule has 144 valence electrons. The second-order valence-electron chi connectivity index (χ2n) is 6.52. The van der Waals surface area contributed by atoms with E-state index in [1.165, 1.54) is 0 Å². The van der Waals surface area contributed by atoms with Crippen molar-refractivity contribution in [3.63, 3.8) is 0 Å². The number of rotatable bonds is 5. The van der Waals surface area contributed by atoms with Crippen LogP contribution in [0.4, 0.5) is 0 Å². The van der Waals surface area contributed by atoms with E-state index >= 15 is 0 Å². The van der Waals surface area contributed by atoms with Crippen LogP contribution in [0, 0.1) is 0 Å². The van der Waals surface area contributed by atoms with E-state index in [2.05, 4.69) is 15.1 Å². The minimum atomic E-state index is 0.387. The molecule has 4 heterocycles. The number of hydrogen-bond acceptors (Lipinski definition) is 6. The van der Waals surface area contributed by atoms with Crippen molar-refractivity contribution in [2.45, 2.75) is 6.54 Å². The zero-order valence-electron chi connectivity index (χ0n) is 15.3. The van der Waals surface area contributed by atoms with E-state index in [0.717, 1.165) is 5.52 Å². The number of hydrogen-bond donors (Lipinski definition) is 1. The fraction of sp³-hybridized carbons (Fsp3) is 0.0952. The van der Waals surface area contributed by atoms with Crippen LogP contribution >= 0.6 is 0 Å². The summed E-state index contributed by atoms with van der Waals surface area (Å²) in [5.74, 6) is 1.18. The van der Waals surface area contributed by atoms with Crippen molar-refractivity contribution in [1.29, 1.82) is 0 Å². The Hall–Kier alpha value is -4.07. The van der Waals surface area contributed by atoms with Crippen molar-refractivity contribution in [3.8, 4) is 17.2 Å². The smallest absolute Gasteiger partial charge is 0.155 e. The number of aromatic nitrogens is 4. The number of fused-ring (bicyclic) bond motifs is 2. The van der Waals surface area contributed by atoms with Crippen molar-refractivity contribution >= 4 is 16.5 Å². The first-order chi connectivity index (χ1) is 14.3. The molecule has 1 N–H and O–H groups in total. The summed E-state index contributed by atoms with van der Waals surface area (Å²) in [4.78, 5) is 8.43. The SMILES string of the molecule is ON=c1cc(-c2cc3cccn3cn2)oc2ccc(OCCn3ccnc3)cc12. The van der Waals surface area contributed by atoms with Crippen LogP contribution < -0.4 is 10.1 Å². The topological polar surface area (TPSA) is 90.1 Å². The van der Waals surface area contributed by atoms with Gasteiger partial charge in [-0.3, -0.25) is 0 Å². The van der Waals surface area contributed by atoms with Gasteiger partial charge in [0.1, 0.15) is 29.0 Å². The zero-order chi connectivity index (χ0) is 19.6. The molecule has 1 aromatic carbocycles. The third-order valence-electron chi connectivity index (χ3n) is 4.67. The van der Waals surface area contributed by atoms with E-state index in [9.17, 15) is 5.21 Å². The van der Waals surface area contributed by atoms with Crippen molar-refractivity contribution in [1.82, 2.24) is 18.9 Å². The van der Waals surface area contributed by atoms with Crippen LogP contribution in [-0.2, 0) is 6.54 Å². The minimum Gasteiger partial charge on any atom is -0.492 e. The van der Waals surface area contributed by atoms with Crippen molar-refractivity contribution in [2.24, 2.45) is 5.16 Å². The Morgan fingerprint density at radius 3 is 2.93 bits per heavy atom. The Balaban J connectivity index is 1.47. The number of benzene rings is 1. The molecule has 5 aromatic rings. The molecule has 0 saturated heterocycles. The van der Waals surface area contributed by atoms with Gasteiger partial charge in [0, 0.05) is 30.2 Å². The molecule has 0 saturated carbocycles. The second kappa shape index (κ2) is 7.16. The Kier molecular flexibility index (Phi) is 4.21. The molecule has 29 heavy (non-hydrogen) atoms. The van der Waals surface area contributed by atoms with E-state index in [1.807, 2.05) is 45.6 Å². The van der Waals surface area contributed by atoms with Crippen LogP contribution in [0.15, 0.2) is 83.3 Å². The molecule has 0 radical (unpaired) electrons. The summed E-state index contributed by atoms with van der Waals surface area (Å²) in [5, 5.41) is 14.0.